The van der Waals surface area contributed by atoms with Crippen LogP contribution in [0.25, 0.3) is 0 Å². The zero-order valence-corrected chi connectivity index (χ0v) is 14.0. The van der Waals surface area contributed by atoms with Crippen LogP contribution in [-0.4, -0.2) is 31.4 Å². The van der Waals surface area contributed by atoms with Crippen LogP contribution in [0.4, 0.5) is 4.79 Å². The van der Waals surface area contributed by atoms with Crippen molar-refractivity contribution in [1.29, 1.82) is 0 Å². The van der Waals surface area contributed by atoms with Crippen molar-refractivity contribution < 1.29 is 23.8 Å². The van der Waals surface area contributed by atoms with Crippen molar-refractivity contribution in [2.45, 2.75) is 19.4 Å². The summed E-state index contributed by atoms with van der Waals surface area (Å²) in [6.45, 7) is 2.18. The fraction of sp³-hybridized carbons (Fsp3) is 0.300. The summed E-state index contributed by atoms with van der Waals surface area (Å²) in [5, 5.41) is 0. The summed E-state index contributed by atoms with van der Waals surface area (Å²) in [6, 6.07) is 17.5. The van der Waals surface area contributed by atoms with Gasteiger partial charge in [-0.3, -0.25) is 0 Å². The van der Waals surface area contributed by atoms with E-state index in [0.29, 0.717) is 5.56 Å². The standard InChI is InChI=1S/C20H20O5/c1-14-12-24-20(22)25-18(14)13-23-19(21)17-9-7-16(8-10-17)11-15-5-3-2-4-6-15/h2-10,14,18H,11-13H2,1H3. The topological polar surface area (TPSA) is 61.8 Å². The lowest BCUT2D eigenvalue weighted by Crippen LogP contribution is -2.38. The Kier molecular flexibility index (Phi) is 5.33. The van der Waals surface area contributed by atoms with Crippen molar-refractivity contribution in [2.24, 2.45) is 5.92 Å². The Morgan fingerprint density at radius 2 is 1.76 bits per heavy atom. The smallest absolute Gasteiger partial charge is 0.458 e. The van der Waals surface area contributed by atoms with Gasteiger partial charge in [0.2, 0.25) is 0 Å². The van der Waals surface area contributed by atoms with Gasteiger partial charge >= 0.3 is 12.1 Å². The molecule has 1 aliphatic heterocycles. The van der Waals surface area contributed by atoms with Gasteiger partial charge in [0.25, 0.3) is 0 Å². The lowest BCUT2D eigenvalue weighted by molar-refractivity contribution is -0.0754. The second-order valence-electron chi connectivity index (χ2n) is 6.15. The van der Waals surface area contributed by atoms with Gasteiger partial charge < -0.3 is 14.2 Å². The molecule has 0 bridgehead atoms. The van der Waals surface area contributed by atoms with Gasteiger partial charge in [0, 0.05) is 5.92 Å². The summed E-state index contributed by atoms with van der Waals surface area (Å²) in [5.74, 6) is -0.445. The number of ether oxygens (including phenoxy) is 3. The summed E-state index contributed by atoms with van der Waals surface area (Å²) in [6.07, 6.45) is -0.377. The van der Waals surface area contributed by atoms with Crippen molar-refractivity contribution in [3.63, 3.8) is 0 Å². The van der Waals surface area contributed by atoms with Crippen LogP contribution >= 0.6 is 0 Å². The Morgan fingerprint density at radius 1 is 1.08 bits per heavy atom. The van der Waals surface area contributed by atoms with E-state index in [1.165, 1.54) is 5.56 Å². The van der Waals surface area contributed by atoms with Crippen molar-refractivity contribution >= 4 is 12.1 Å². The maximum absolute atomic E-state index is 12.2. The molecule has 0 aromatic heterocycles. The molecule has 1 heterocycles. The molecule has 0 aliphatic carbocycles. The minimum Gasteiger partial charge on any atom is -0.458 e. The van der Waals surface area contributed by atoms with E-state index in [1.54, 1.807) is 12.1 Å². The molecule has 130 valence electrons. The SMILES string of the molecule is CC1COC(=O)OC1COC(=O)c1ccc(Cc2ccccc2)cc1. The third kappa shape index (κ3) is 4.59. The van der Waals surface area contributed by atoms with E-state index in [4.69, 9.17) is 14.2 Å². The highest BCUT2D eigenvalue weighted by molar-refractivity contribution is 5.89. The van der Waals surface area contributed by atoms with Gasteiger partial charge in [-0.05, 0) is 29.7 Å². The van der Waals surface area contributed by atoms with Gasteiger partial charge in [-0.1, -0.05) is 49.4 Å². The average Bonchev–Trinajstić information content (AvgIpc) is 2.64. The molecule has 5 nitrogen and oxygen atoms in total. The third-order valence-electron chi connectivity index (χ3n) is 4.17. The predicted molar refractivity (Wildman–Crippen MR) is 91.4 cm³/mol. The van der Waals surface area contributed by atoms with Crippen LogP contribution in [0.15, 0.2) is 54.6 Å². The fourth-order valence-electron chi connectivity index (χ4n) is 2.61. The predicted octanol–water partition coefficient (Wildman–Crippen LogP) is 3.61. The maximum atomic E-state index is 12.2. The van der Waals surface area contributed by atoms with E-state index < -0.39 is 18.2 Å². The van der Waals surface area contributed by atoms with E-state index in [2.05, 4.69) is 12.1 Å². The van der Waals surface area contributed by atoms with Gasteiger partial charge in [-0.25, -0.2) is 9.59 Å². The molecule has 2 unspecified atom stereocenters. The second-order valence-corrected chi connectivity index (χ2v) is 6.15. The number of carbonyl (C=O) groups is 2. The number of benzene rings is 2. The average molecular weight is 340 g/mol. The quantitative estimate of drug-likeness (QED) is 0.778. The van der Waals surface area contributed by atoms with Gasteiger partial charge in [0.15, 0.2) is 0 Å². The largest absolute Gasteiger partial charge is 0.508 e. The number of carbonyl (C=O) groups excluding carboxylic acids is 2. The van der Waals surface area contributed by atoms with Crippen LogP contribution in [0.3, 0.4) is 0 Å². The van der Waals surface area contributed by atoms with Gasteiger partial charge in [-0.2, -0.15) is 0 Å². The second kappa shape index (κ2) is 7.83. The van der Waals surface area contributed by atoms with E-state index in [1.807, 2.05) is 37.3 Å². The molecule has 0 amide bonds. The summed E-state index contributed by atoms with van der Waals surface area (Å²) in [4.78, 5) is 23.3. The molecule has 25 heavy (non-hydrogen) atoms. The monoisotopic (exact) mass is 340 g/mol. The first-order valence-electron chi connectivity index (χ1n) is 8.25. The Bertz CT molecular complexity index is 724. The molecule has 1 aliphatic rings. The van der Waals surface area contributed by atoms with E-state index >= 15 is 0 Å². The highest BCUT2D eigenvalue weighted by Gasteiger charge is 2.30. The lowest BCUT2D eigenvalue weighted by atomic mass is 10.0. The highest BCUT2D eigenvalue weighted by atomic mass is 16.7. The fourth-order valence-corrected chi connectivity index (χ4v) is 2.61. The number of hydrogen-bond acceptors (Lipinski definition) is 5. The summed E-state index contributed by atoms with van der Waals surface area (Å²) in [5.41, 5.74) is 2.81. The molecule has 5 heteroatoms. The molecule has 2 aromatic rings. The van der Waals surface area contributed by atoms with Crippen molar-refractivity contribution in [3.05, 3.63) is 71.3 Å². The molecule has 0 spiro atoms. The first-order valence-corrected chi connectivity index (χ1v) is 8.25. The van der Waals surface area contributed by atoms with Crippen molar-refractivity contribution in [2.75, 3.05) is 13.2 Å². The van der Waals surface area contributed by atoms with E-state index in [0.717, 1.165) is 12.0 Å². The summed E-state index contributed by atoms with van der Waals surface area (Å²) >= 11 is 0. The molecule has 0 N–H and O–H groups in total. The molecule has 2 aromatic carbocycles. The molecule has 0 saturated carbocycles. The van der Waals surface area contributed by atoms with Crippen molar-refractivity contribution in [1.82, 2.24) is 0 Å². The molecule has 3 rings (SSSR count). The van der Waals surface area contributed by atoms with Crippen LogP contribution in [0.5, 0.6) is 0 Å². The van der Waals surface area contributed by atoms with Gasteiger partial charge in [0.05, 0.1) is 5.56 Å². The Morgan fingerprint density at radius 3 is 2.48 bits per heavy atom. The first kappa shape index (κ1) is 17.0. The van der Waals surface area contributed by atoms with Crippen LogP contribution in [0, 0.1) is 5.92 Å². The zero-order chi connectivity index (χ0) is 17.6. The van der Waals surface area contributed by atoms with Gasteiger partial charge in [-0.15, -0.1) is 0 Å². The van der Waals surface area contributed by atoms with Crippen LogP contribution < -0.4 is 0 Å². The Labute approximate surface area is 146 Å². The molecule has 2 atom stereocenters. The van der Waals surface area contributed by atoms with E-state index in [-0.39, 0.29) is 19.1 Å². The Hall–Kier alpha value is -2.82. The minimum atomic E-state index is -0.718. The first-order chi connectivity index (χ1) is 12.1. The molecular weight excluding hydrogens is 320 g/mol. The summed E-state index contributed by atoms with van der Waals surface area (Å²) < 4.78 is 15.1. The number of cyclic esters (lactones) is 2. The molecule has 1 fully saturated rings. The van der Waals surface area contributed by atoms with Gasteiger partial charge in [0.1, 0.15) is 19.3 Å². The number of hydrogen-bond donors (Lipinski definition) is 0. The molecule has 1 saturated heterocycles. The number of rotatable bonds is 5. The molecular formula is C20H20O5. The van der Waals surface area contributed by atoms with Crippen LogP contribution in [-0.2, 0) is 20.6 Å². The van der Waals surface area contributed by atoms with Crippen molar-refractivity contribution in [3.8, 4) is 0 Å². The minimum absolute atomic E-state index is 0.0150. The maximum Gasteiger partial charge on any atom is 0.508 e. The lowest BCUT2D eigenvalue weighted by Gasteiger charge is -2.27. The van der Waals surface area contributed by atoms with Crippen LogP contribution in [0.1, 0.15) is 28.4 Å². The zero-order valence-electron chi connectivity index (χ0n) is 14.0. The molecule has 0 radical (unpaired) electrons. The van der Waals surface area contributed by atoms with E-state index in [9.17, 15) is 9.59 Å². The highest BCUT2D eigenvalue weighted by Crippen LogP contribution is 2.17. The Balaban J connectivity index is 1.54. The third-order valence-corrected chi connectivity index (χ3v) is 4.17. The number of esters is 1. The normalized spacial score (nSPS) is 19.6. The van der Waals surface area contributed by atoms with Crippen LogP contribution in [0.2, 0.25) is 0 Å². The summed E-state index contributed by atoms with van der Waals surface area (Å²) in [7, 11) is 0.